The van der Waals surface area contributed by atoms with Crippen molar-refractivity contribution >= 4 is 0 Å². The van der Waals surface area contributed by atoms with Crippen LogP contribution in [-0.4, -0.2) is 21.6 Å². The van der Waals surface area contributed by atoms with Crippen molar-refractivity contribution < 1.29 is 4.42 Å². The Morgan fingerprint density at radius 3 is 3.20 bits per heavy atom. The van der Waals surface area contributed by atoms with Gasteiger partial charge in [-0.1, -0.05) is 0 Å². The summed E-state index contributed by atoms with van der Waals surface area (Å²) in [7, 11) is 0. The highest BCUT2D eigenvalue weighted by molar-refractivity contribution is 4.99. The lowest BCUT2D eigenvalue weighted by molar-refractivity contribution is 0.346. The molecule has 0 aromatic carbocycles. The summed E-state index contributed by atoms with van der Waals surface area (Å²) in [6.07, 6.45) is 13.6. The molecule has 3 unspecified atom stereocenters. The van der Waals surface area contributed by atoms with Crippen molar-refractivity contribution in [3.63, 3.8) is 0 Å². The van der Waals surface area contributed by atoms with Gasteiger partial charge in [0.1, 0.15) is 5.76 Å². The second kappa shape index (κ2) is 6.27. The van der Waals surface area contributed by atoms with Crippen LogP contribution in [0.4, 0.5) is 0 Å². The monoisotopic (exact) mass is 273 g/mol. The highest BCUT2D eigenvalue weighted by Crippen LogP contribution is 2.30. The number of furan rings is 1. The zero-order chi connectivity index (χ0) is 13.8. The molecule has 2 aromatic heterocycles. The first-order chi connectivity index (χ1) is 9.83. The molecule has 1 aliphatic rings. The van der Waals surface area contributed by atoms with Crippen LogP contribution in [0.3, 0.4) is 0 Å². The summed E-state index contributed by atoms with van der Waals surface area (Å²) in [5.74, 6) is 1.08. The third kappa shape index (κ3) is 3.12. The molecule has 4 heteroatoms. The van der Waals surface area contributed by atoms with Crippen molar-refractivity contribution in [1.82, 2.24) is 14.9 Å². The molecule has 20 heavy (non-hydrogen) atoms. The van der Waals surface area contributed by atoms with Gasteiger partial charge in [0.15, 0.2) is 0 Å². The van der Waals surface area contributed by atoms with Crippen molar-refractivity contribution in [1.29, 1.82) is 0 Å². The molecule has 3 rings (SSSR count). The number of imidazole rings is 1. The van der Waals surface area contributed by atoms with E-state index in [1.54, 1.807) is 6.26 Å². The molecule has 2 aromatic rings. The summed E-state index contributed by atoms with van der Waals surface area (Å²) in [5.41, 5.74) is 0. The van der Waals surface area contributed by atoms with Gasteiger partial charge in [0.05, 0.1) is 12.6 Å². The highest BCUT2D eigenvalue weighted by atomic mass is 16.3. The van der Waals surface area contributed by atoms with Gasteiger partial charge in [0.2, 0.25) is 0 Å². The molecule has 0 spiro atoms. The molecule has 1 N–H and O–H groups in total. The molecule has 0 bridgehead atoms. The van der Waals surface area contributed by atoms with Gasteiger partial charge in [-0.25, -0.2) is 4.98 Å². The molecule has 108 valence electrons. The SMILES string of the molecule is CC(CCc1ccco1)NC1CCCC1n1ccnc1. The second-order valence-corrected chi connectivity index (χ2v) is 5.80. The van der Waals surface area contributed by atoms with E-state index >= 15 is 0 Å². The fourth-order valence-corrected chi connectivity index (χ4v) is 3.22. The van der Waals surface area contributed by atoms with E-state index in [-0.39, 0.29) is 0 Å². The van der Waals surface area contributed by atoms with Crippen LogP contribution < -0.4 is 5.32 Å². The fourth-order valence-electron chi connectivity index (χ4n) is 3.22. The average molecular weight is 273 g/mol. The van der Waals surface area contributed by atoms with Gasteiger partial charge >= 0.3 is 0 Å². The fraction of sp³-hybridized carbons (Fsp3) is 0.562. The normalized spacial score (nSPS) is 24.1. The van der Waals surface area contributed by atoms with Gasteiger partial charge in [-0.2, -0.15) is 0 Å². The molecule has 3 atom stereocenters. The molecule has 1 fully saturated rings. The zero-order valence-electron chi connectivity index (χ0n) is 12.0. The van der Waals surface area contributed by atoms with Crippen LogP contribution >= 0.6 is 0 Å². The Morgan fingerprint density at radius 1 is 1.50 bits per heavy atom. The second-order valence-electron chi connectivity index (χ2n) is 5.80. The smallest absolute Gasteiger partial charge is 0.103 e. The molecule has 2 heterocycles. The molecule has 0 amide bonds. The van der Waals surface area contributed by atoms with Crippen molar-refractivity contribution in [3.8, 4) is 0 Å². The maximum absolute atomic E-state index is 5.39. The lowest BCUT2D eigenvalue weighted by Crippen LogP contribution is -2.39. The van der Waals surface area contributed by atoms with Crippen molar-refractivity contribution in [2.45, 2.75) is 57.2 Å². The standard InChI is InChI=1S/C16H23N3O/c1-13(7-8-14-4-3-11-20-14)18-15-5-2-6-16(15)19-10-9-17-12-19/h3-4,9-13,15-16,18H,2,5-8H2,1H3. The first kappa shape index (κ1) is 13.4. The minimum Gasteiger partial charge on any atom is -0.469 e. The van der Waals surface area contributed by atoms with Crippen LogP contribution in [0.2, 0.25) is 0 Å². The Kier molecular flexibility index (Phi) is 4.21. The van der Waals surface area contributed by atoms with Gasteiger partial charge in [0, 0.05) is 36.9 Å². The summed E-state index contributed by atoms with van der Waals surface area (Å²) >= 11 is 0. The Labute approximate surface area is 120 Å². The Hall–Kier alpha value is -1.55. The largest absolute Gasteiger partial charge is 0.469 e. The molecule has 0 saturated heterocycles. The molecule has 1 saturated carbocycles. The van der Waals surface area contributed by atoms with Crippen molar-refractivity contribution in [2.24, 2.45) is 0 Å². The van der Waals surface area contributed by atoms with Crippen molar-refractivity contribution in [2.75, 3.05) is 0 Å². The number of aryl methyl sites for hydroxylation is 1. The van der Waals surface area contributed by atoms with Crippen LogP contribution in [0.5, 0.6) is 0 Å². The van der Waals surface area contributed by atoms with E-state index in [9.17, 15) is 0 Å². The van der Waals surface area contributed by atoms with Gasteiger partial charge in [-0.3, -0.25) is 0 Å². The topological polar surface area (TPSA) is 43.0 Å². The molecule has 1 aliphatic carbocycles. The number of hydrogen-bond donors (Lipinski definition) is 1. The number of rotatable bonds is 6. The number of nitrogens with one attached hydrogen (secondary N) is 1. The zero-order valence-corrected chi connectivity index (χ0v) is 12.0. The molecule has 0 radical (unpaired) electrons. The predicted octanol–water partition coefficient (Wildman–Crippen LogP) is 3.18. The van der Waals surface area contributed by atoms with E-state index < -0.39 is 0 Å². The maximum atomic E-state index is 5.39. The summed E-state index contributed by atoms with van der Waals surface area (Å²) in [5, 5.41) is 3.79. The van der Waals surface area contributed by atoms with E-state index in [1.807, 2.05) is 18.6 Å². The van der Waals surface area contributed by atoms with Crippen LogP contribution in [0.25, 0.3) is 0 Å². The molecule has 0 aliphatic heterocycles. The number of hydrogen-bond acceptors (Lipinski definition) is 3. The maximum Gasteiger partial charge on any atom is 0.103 e. The van der Waals surface area contributed by atoms with Crippen LogP contribution in [0.1, 0.15) is 44.4 Å². The van der Waals surface area contributed by atoms with E-state index in [0.29, 0.717) is 18.1 Å². The number of nitrogens with zero attached hydrogens (tertiary/aromatic N) is 2. The Morgan fingerprint density at radius 2 is 2.45 bits per heavy atom. The number of aromatic nitrogens is 2. The van der Waals surface area contributed by atoms with Crippen LogP contribution in [0.15, 0.2) is 41.5 Å². The summed E-state index contributed by atoms with van der Waals surface area (Å²) in [6, 6.07) is 5.64. The van der Waals surface area contributed by atoms with Gasteiger partial charge in [0.25, 0.3) is 0 Å². The van der Waals surface area contributed by atoms with Gasteiger partial charge in [-0.05, 0) is 44.7 Å². The van der Waals surface area contributed by atoms with Crippen LogP contribution in [0, 0.1) is 0 Å². The predicted molar refractivity (Wildman–Crippen MR) is 78.5 cm³/mol. The van der Waals surface area contributed by atoms with Gasteiger partial charge in [-0.15, -0.1) is 0 Å². The molecule has 4 nitrogen and oxygen atoms in total. The first-order valence-corrected chi connectivity index (χ1v) is 7.59. The van der Waals surface area contributed by atoms with Gasteiger partial charge < -0.3 is 14.3 Å². The van der Waals surface area contributed by atoms with E-state index in [0.717, 1.165) is 18.6 Å². The summed E-state index contributed by atoms with van der Waals surface area (Å²) in [6.45, 7) is 2.27. The average Bonchev–Trinajstić information content (AvgIpc) is 3.18. The summed E-state index contributed by atoms with van der Waals surface area (Å²) in [4.78, 5) is 4.17. The van der Waals surface area contributed by atoms with E-state index in [2.05, 4.69) is 34.1 Å². The minimum absolute atomic E-state index is 0.509. The summed E-state index contributed by atoms with van der Waals surface area (Å²) < 4.78 is 7.65. The third-order valence-electron chi connectivity index (χ3n) is 4.29. The van der Waals surface area contributed by atoms with Crippen LogP contribution in [-0.2, 0) is 6.42 Å². The molecular weight excluding hydrogens is 250 g/mol. The third-order valence-corrected chi connectivity index (χ3v) is 4.29. The lowest BCUT2D eigenvalue weighted by atomic mass is 10.1. The minimum atomic E-state index is 0.509. The van der Waals surface area contributed by atoms with E-state index in [4.69, 9.17) is 4.42 Å². The van der Waals surface area contributed by atoms with Crippen molar-refractivity contribution in [3.05, 3.63) is 42.9 Å². The first-order valence-electron chi connectivity index (χ1n) is 7.59. The Bertz CT molecular complexity index is 492. The molecular formula is C16H23N3O. The Balaban J connectivity index is 1.51. The lowest BCUT2D eigenvalue weighted by Gasteiger charge is -2.25. The highest BCUT2D eigenvalue weighted by Gasteiger charge is 2.29. The quantitative estimate of drug-likeness (QED) is 0.879. The van der Waals surface area contributed by atoms with E-state index in [1.165, 1.54) is 19.3 Å².